The van der Waals surface area contributed by atoms with Crippen LogP contribution in [0.1, 0.15) is 13.3 Å². The highest BCUT2D eigenvalue weighted by molar-refractivity contribution is 6.30. The molecule has 70 valence electrons. The highest BCUT2D eigenvalue weighted by Crippen LogP contribution is 2.03. The van der Waals surface area contributed by atoms with Gasteiger partial charge in [0.05, 0.1) is 0 Å². The topological polar surface area (TPSA) is 57.5 Å². The van der Waals surface area contributed by atoms with Crippen molar-refractivity contribution in [3.05, 3.63) is 35.4 Å². The summed E-state index contributed by atoms with van der Waals surface area (Å²) >= 11 is 5.54. The maximum atomic E-state index is 5.54. The monoisotopic (exact) mass is 189 g/mol. The van der Waals surface area contributed by atoms with Gasteiger partial charge in [0.25, 0.3) is 0 Å². The van der Waals surface area contributed by atoms with E-state index in [4.69, 9.17) is 17.3 Å². The summed E-state index contributed by atoms with van der Waals surface area (Å²) in [7, 11) is 0. The van der Waals surface area contributed by atoms with Crippen molar-refractivity contribution >= 4 is 11.6 Å². The van der Waals surface area contributed by atoms with E-state index in [2.05, 4.69) is 6.92 Å². The maximum absolute atomic E-state index is 5.54. The van der Waals surface area contributed by atoms with Crippen LogP contribution >= 0.6 is 11.6 Å². The number of hydrogen-bond donors (Lipinski definition) is 1. The molecule has 0 fully saturated rings. The van der Waals surface area contributed by atoms with E-state index < -0.39 is 0 Å². The molecule has 0 unspecified atom stereocenters. The zero-order valence-corrected chi connectivity index (χ0v) is 8.01. The summed E-state index contributed by atoms with van der Waals surface area (Å²) in [5.41, 5.74) is 5.03. The highest BCUT2D eigenvalue weighted by Gasteiger charge is 1.74. The summed E-state index contributed by atoms with van der Waals surface area (Å²) in [4.78, 5) is 0. The van der Waals surface area contributed by atoms with Crippen LogP contribution in [0.25, 0.3) is 0 Å². The predicted molar refractivity (Wildman–Crippen MR) is 54.4 cm³/mol. The molecule has 2 nitrogen and oxygen atoms in total. The van der Waals surface area contributed by atoms with Gasteiger partial charge < -0.3 is 11.2 Å². The molecule has 1 aromatic rings. The molecule has 0 aliphatic carbocycles. The molecule has 3 heteroatoms. The fourth-order valence-electron chi connectivity index (χ4n) is 0.415. The summed E-state index contributed by atoms with van der Waals surface area (Å²) in [6.45, 7) is 2.88. The first-order valence-electron chi connectivity index (χ1n) is 3.72. The largest absolute Gasteiger partial charge is 0.412 e. The molecule has 0 spiro atoms. The van der Waals surface area contributed by atoms with Gasteiger partial charge in [0.2, 0.25) is 0 Å². The Morgan fingerprint density at radius 1 is 1.25 bits per heavy atom. The van der Waals surface area contributed by atoms with Crippen LogP contribution in [-0.4, -0.2) is 12.0 Å². The third-order valence-electron chi connectivity index (χ3n) is 1.02. The first kappa shape index (κ1) is 14.0. The number of rotatable bonds is 1. The summed E-state index contributed by atoms with van der Waals surface area (Å²) in [5, 5.41) is 0.794. The molecule has 0 aromatic heterocycles. The van der Waals surface area contributed by atoms with Crippen molar-refractivity contribution in [2.24, 2.45) is 5.73 Å². The first-order chi connectivity index (χ1) is 5.31. The lowest BCUT2D eigenvalue weighted by molar-refractivity contribution is 0.824. The van der Waals surface area contributed by atoms with Gasteiger partial charge in [-0.05, 0) is 25.1 Å². The molecular weight excluding hydrogens is 174 g/mol. The second-order valence-electron chi connectivity index (χ2n) is 2.08. The van der Waals surface area contributed by atoms with Crippen LogP contribution in [0.5, 0.6) is 0 Å². The molecule has 0 amide bonds. The fraction of sp³-hybridized carbons (Fsp3) is 0.333. The van der Waals surface area contributed by atoms with Crippen LogP contribution in [0.3, 0.4) is 0 Å². The lowest BCUT2D eigenvalue weighted by Crippen LogP contribution is -1.93. The highest BCUT2D eigenvalue weighted by atomic mass is 35.5. The van der Waals surface area contributed by atoms with E-state index in [1.165, 1.54) is 0 Å². The van der Waals surface area contributed by atoms with Gasteiger partial charge in [-0.25, -0.2) is 0 Å². The van der Waals surface area contributed by atoms with Crippen LogP contribution in [0.15, 0.2) is 30.3 Å². The summed E-state index contributed by atoms with van der Waals surface area (Å²) in [5.74, 6) is 0. The Hall–Kier alpha value is -0.570. The molecule has 0 heterocycles. The Labute approximate surface area is 78.7 Å². The number of halogens is 1. The van der Waals surface area contributed by atoms with Gasteiger partial charge >= 0.3 is 0 Å². The average Bonchev–Trinajstić information content (AvgIpc) is 2.07. The molecular formula is C9H16ClNO. The second kappa shape index (κ2) is 10.4. The molecule has 0 saturated heterocycles. The Kier molecular flexibility index (Phi) is 12.2. The van der Waals surface area contributed by atoms with Crippen molar-refractivity contribution in [2.75, 3.05) is 6.54 Å². The number of nitrogens with two attached hydrogens (primary N) is 1. The maximum Gasteiger partial charge on any atom is 0.0405 e. The second-order valence-corrected chi connectivity index (χ2v) is 2.52. The van der Waals surface area contributed by atoms with Crippen LogP contribution in [0, 0.1) is 0 Å². The molecule has 0 aliphatic heterocycles. The quantitative estimate of drug-likeness (QED) is 0.721. The van der Waals surface area contributed by atoms with Crippen LogP contribution in [0.4, 0.5) is 0 Å². The van der Waals surface area contributed by atoms with E-state index in [-0.39, 0.29) is 5.48 Å². The van der Waals surface area contributed by atoms with Gasteiger partial charge in [0.1, 0.15) is 0 Å². The van der Waals surface area contributed by atoms with Crippen molar-refractivity contribution in [3.63, 3.8) is 0 Å². The third-order valence-corrected chi connectivity index (χ3v) is 1.27. The van der Waals surface area contributed by atoms with E-state index in [9.17, 15) is 0 Å². The van der Waals surface area contributed by atoms with E-state index in [0.29, 0.717) is 0 Å². The Bertz CT molecular complexity index is 165. The van der Waals surface area contributed by atoms with Gasteiger partial charge in [0.15, 0.2) is 0 Å². The Morgan fingerprint density at radius 2 is 1.67 bits per heavy atom. The Morgan fingerprint density at radius 3 is 1.83 bits per heavy atom. The molecule has 0 bridgehead atoms. The minimum atomic E-state index is 0. The zero-order chi connectivity index (χ0) is 8.53. The summed E-state index contributed by atoms with van der Waals surface area (Å²) in [6, 6.07) is 9.44. The van der Waals surface area contributed by atoms with Crippen molar-refractivity contribution in [1.29, 1.82) is 0 Å². The van der Waals surface area contributed by atoms with E-state index in [1.807, 2.05) is 30.3 Å². The van der Waals surface area contributed by atoms with E-state index >= 15 is 0 Å². The van der Waals surface area contributed by atoms with E-state index in [0.717, 1.165) is 18.0 Å². The lowest BCUT2D eigenvalue weighted by atomic mass is 10.4. The smallest absolute Gasteiger partial charge is 0.0405 e. The molecule has 0 saturated carbocycles. The van der Waals surface area contributed by atoms with Crippen molar-refractivity contribution in [2.45, 2.75) is 13.3 Å². The summed E-state index contributed by atoms with van der Waals surface area (Å²) in [6.07, 6.45) is 1.10. The van der Waals surface area contributed by atoms with Crippen molar-refractivity contribution in [1.82, 2.24) is 0 Å². The van der Waals surface area contributed by atoms with E-state index in [1.54, 1.807) is 0 Å². The minimum Gasteiger partial charge on any atom is -0.412 e. The van der Waals surface area contributed by atoms with Gasteiger partial charge in [-0.3, -0.25) is 0 Å². The predicted octanol–water partition coefficient (Wildman–Crippen LogP) is 1.87. The van der Waals surface area contributed by atoms with Gasteiger partial charge in [0, 0.05) is 5.02 Å². The molecule has 1 rings (SSSR count). The number of hydrogen-bond acceptors (Lipinski definition) is 1. The normalized spacial score (nSPS) is 7.58. The molecule has 0 atom stereocenters. The minimum absolute atomic E-state index is 0. The zero-order valence-electron chi connectivity index (χ0n) is 7.26. The van der Waals surface area contributed by atoms with Gasteiger partial charge in [-0.15, -0.1) is 0 Å². The Balaban J connectivity index is 0. The van der Waals surface area contributed by atoms with Crippen LogP contribution in [0.2, 0.25) is 5.02 Å². The first-order valence-corrected chi connectivity index (χ1v) is 4.09. The lowest BCUT2D eigenvalue weighted by Gasteiger charge is -1.80. The van der Waals surface area contributed by atoms with Crippen LogP contribution < -0.4 is 5.73 Å². The third kappa shape index (κ3) is 9.43. The van der Waals surface area contributed by atoms with Crippen molar-refractivity contribution in [3.8, 4) is 0 Å². The SMILES string of the molecule is CCCN.Clc1ccccc1.O. The molecule has 0 aliphatic rings. The molecule has 4 N–H and O–H groups in total. The fourth-order valence-corrected chi connectivity index (χ4v) is 0.560. The standard InChI is InChI=1S/C6H5Cl.C3H9N.H2O/c7-6-4-2-1-3-5-6;1-2-3-4;/h1-5H;2-4H2,1H3;1H2. The van der Waals surface area contributed by atoms with Crippen molar-refractivity contribution < 1.29 is 5.48 Å². The molecule has 0 radical (unpaired) electrons. The van der Waals surface area contributed by atoms with Crippen LogP contribution in [-0.2, 0) is 0 Å². The molecule has 1 aromatic carbocycles. The van der Waals surface area contributed by atoms with Gasteiger partial charge in [-0.1, -0.05) is 36.7 Å². The average molecular weight is 190 g/mol. The molecule has 12 heavy (non-hydrogen) atoms. The number of benzene rings is 1. The summed E-state index contributed by atoms with van der Waals surface area (Å²) < 4.78 is 0. The van der Waals surface area contributed by atoms with Gasteiger partial charge in [-0.2, -0.15) is 0 Å².